The van der Waals surface area contributed by atoms with E-state index in [0.29, 0.717) is 17.2 Å². The van der Waals surface area contributed by atoms with E-state index in [-0.39, 0.29) is 30.0 Å². The van der Waals surface area contributed by atoms with Gasteiger partial charge in [0.2, 0.25) is 5.91 Å². The van der Waals surface area contributed by atoms with E-state index in [0.717, 1.165) is 35.1 Å². The van der Waals surface area contributed by atoms with Gasteiger partial charge in [-0.1, -0.05) is 26.0 Å². The van der Waals surface area contributed by atoms with Gasteiger partial charge >= 0.3 is 6.18 Å². The molecule has 0 fully saturated rings. The monoisotopic (exact) mass is 603 g/mol. The van der Waals surface area contributed by atoms with E-state index in [1.807, 2.05) is 0 Å². The molecule has 0 aliphatic rings. The lowest BCUT2D eigenvalue weighted by Crippen LogP contribution is -2.37. The zero-order valence-corrected chi connectivity index (χ0v) is 23.0. The van der Waals surface area contributed by atoms with Crippen molar-refractivity contribution in [3.05, 3.63) is 107 Å². The van der Waals surface area contributed by atoms with Crippen molar-refractivity contribution in [2.45, 2.75) is 44.9 Å². The fraction of sp³-hybridized carbons (Fsp3) is 0.267. The number of halogens is 6. The summed E-state index contributed by atoms with van der Waals surface area (Å²) < 4.78 is 83.2. The molecule has 7 nitrogen and oxygen atoms in total. The Balaban J connectivity index is 1.80. The van der Waals surface area contributed by atoms with E-state index in [1.165, 1.54) is 18.3 Å². The van der Waals surface area contributed by atoms with Crippen molar-refractivity contribution in [2.24, 2.45) is 11.7 Å². The van der Waals surface area contributed by atoms with E-state index in [9.17, 15) is 35.9 Å². The highest BCUT2D eigenvalue weighted by atomic mass is 19.4. The number of carbonyl (C=O) groups is 2. The predicted molar refractivity (Wildman–Crippen MR) is 145 cm³/mol. The Morgan fingerprint density at radius 2 is 1.70 bits per heavy atom. The van der Waals surface area contributed by atoms with Crippen LogP contribution in [0.15, 0.2) is 67.0 Å². The number of nitrogens with zero attached hydrogens (tertiary/aromatic N) is 3. The first-order chi connectivity index (χ1) is 20.2. The Labute approximate surface area is 242 Å². The number of hydrogen-bond donors (Lipinski definition) is 2. The number of amides is 2. The summed E-state index contributed by atoms with van der Waals surface area (Å²) in [6.45, 7) is 3.56. The van der Waals surface area contributed by atoms with E-state index in [1.54, 1.807) is 26.0 Å². The lowest BCUT2D eigenvalue weighted by molar-refractivity contribution is -0.142. The molecule has 0 bridgehead atoms. The minimum absolute atomic E-state index is 0.112. The minimum Gasteiger partial charge on any atom is -0.366 e. The second-order valence-electron chi connectivity index (χ2n) is 10.4. The summed E-state index contributed by atoms with van der Waals surface area (Å²) in [5.41, 5.74) is 4.73. The average molecular weight is 604 g/mol. The number of carbonyl (C=O) groups excluding carboxylic acids is 2. The molecule has 2 atom stereocenters. The van der Waals surface area contributed by atoms with Crippen LogP contribution in [0.1, 0.15) is 59.7 Å². The molecule has 0 saturated carbocycles. The Bertz CT molecular complexity index is 1620. The number of pyridine rings is 1. The maximum atomic E-state index is 14.2. The fourth-order valence-electron chi connectivity index (χ4n) is 4.71. The number of nitrogens with one attached hydrogen (secondary N) is 1. The Morgan fingerprint density at radius 1 is 1.00 bits per heavy atom. The molecule has 4 aromatic rings. The van der Waals surface area contributed by atoms with Crippen molar-refractivity contribution >= 4 is 11.8 Å². The molecule has 43 heavy (non-hydrogen) atoms. The van der Waals surface area contributed by atoms with E-state index in [2.05, 4.69) is 15.4 Å². The summed E-state index contributed by atoms with van der Waals surface area (Å²) in [6.07, 6.45) is -2.34. The molecule has 3 N–H and O–H groups in total. The van der Waals surface area contributed by atoms with Gasteiger partial charge in [-0.25, -0.2) is 13.2 Å². The van der Waals surface area contributed by atoms with Crippen LogP contribution in [0.3, 0.4) is 0 Å². The molecule has 226 valence electrons. The van der Waals surface area contributed by atoms with Gasteiger partial charge in [0.05, 0.1) is 17.3 Å². The number of alkyl halides is 3. The SMILES string of the molecule is CC(C)CC(C(=O)NC(Cc1cc(F)cc(F)c1)c1ncccc1-c1ccc(F)c(C(N)=O)c1)n1ccc(C(F)(F)F)n1. The van der Waals surface area contributed by atoms with E-state index >= 15 is 0 Å². The molecule has 0 aliphatic carbocycles. The second-order valence-corrected chi connectivity index (χ2v) is 10.4. The summed E-state index contributed by atoms with van der Waals surface area (Å²) in [7, 11) is 0. The minimum atomic E-state index is -4.73. The number of benzene rings is 2. The summed E-state index contributed by atoms with van der Waals surface area (Å²) >= 11 is 0. The third-order valence-corrected chi connectivity index (χ3v) is 6.61. The summed E-state index contributed by atoms with van der Waals surface area (Å²) in [5, 5.41) is 6.36. The van der Waals surface area contributed by atoms with Crippen LogP contribution in [0.4, 0.5) is 26.3 Å². The first-order valence-electron chi connectivity index (χ1n) is 13.1. The highest BCUT2D eigenvalue weighted by Crippen LogP contribution is 2.32. The average Bonchev–Trinajstić information content (AvgIpc) is 3.42. The quantitative estimate of drug-likeness (QED) is 0.212. The fourth-order valence-corrected chi connectivity index (χ4v) is 4.71. The molecule has 0 spiro atoms. The molecule has 0 radical (unpaired) electrons. The molecule has 2 heterocycles. The summed E-state index contributed by atoms with van der Waals surface area (Å²) in [5.74, 6) is -4.45. The number of primary amides is 1. The van der Waals surface area contributed by atoms with E-state index in [4.69, 9.17) is 5.73 Å². The largest absolute Gasteiger partial charge is 0.435 e. The van der Waals surface area contributed by atoms with Gasteiger partial charge in [-0.2, -0.15) is 18.3 Å². The summed E-state index contributed by atoms with van der Waals surface area (Å²) in [4.78, 5) is 29.9. The number of nitrogens with two attached hydrogens (primary N) is 1. The molecule has 2 amide bonds. The van der Waals surface area contributed by atoms with Crippen molar-refractivity contribution in [1.29, 1.82) is 0 Å². The summed E-state index contributed by atoms with van der Waals surface area (Å²) in [6, 6.07) is 8.08. The lowest BCUT2D eigenvalue weighted by Gasteiger charge is -2.25. The van der Waals surface area contributed by atoms with Crippen LogP contribution in [0, 0.1) is 23.4 Å². The van der Waals surface area contributed by atoms with Crippen LogP contribution in [0.2, 0.25) is 0 Å². The molecule has 4 rings (SSSR count). The first kappa shape index (κ1) is 31.3. The second kappa shape index (κ2) is 12.7. The molecule has 13 heteroatoms. The highest BCUT2D eigenvalue weighted by Gasteiger charge is 2.35. The molecule has 0 saturated heterocycles. The van der Waals surface area contributed by atoms with Gasteiger partial charge in [0, 0.05) is 24.0 Å². The maximum Gasteiger partial charge on any atom is 0.435 e. The smallest absolute Gasteiger partial charge is 0.366 e. The van der Waals surface area contributed by atoms with Crippen LogP contribution in [0.25, 0.3) is 11.1 Å². The van der Waals surface area contributed by atoms with Crippen molar-refractivity contribution in [3.63, 3.8) is 0 Å². The highest BCUT2D eigenvalue weighted by molar-refractivity contribution is 5.94. The third-order valence-electron chi connectivity index (χ3n) is 6.61. The molecule has 2 unspecified atom stereocenters. The van der Waals surface area contributed by atoms with Gasteiger partial charge in [0.15, 0.2) is 5.69 Å². The number of hydrogen-bond acceptors (Lipinski definition) is 4. The van der Waals surface area contributed by atoms with Gasteiger partial charge in [-0.05, 0) is 66.3 Å². The van der Waals surface area contributed by atoms with Crippen molar-refractivity contribution in [1.82, 2.24) is 20.1 Å². The van der Waals surface area contributed by atoms with E-state index < -0.39 is 58.8 Å². The predicted octanol–water partition coefficient (Wildman–Crippen LogP) is 6.17. The van der Waals surface area contributed by atoms with Crippen LogP contribution < -0.4 is 11.1 Å². The Kier molecular flexibility index (Phi) is 9.22. The Hall–Kier alpha value is -4.68. The van der Waals surface area contributed by atoms with Crippen LogP contribution in [-0.4, -0.2) is 26.6 Å². The molecule has 0 aliphatic heterocycles. The number of rotatable bonds is 10. The zero-order valence-electron chi connectivity index (χ0n) is 23.0. The van der Waals surface area contributed by atoms with Gasteiger partial charge in [-0.3, -0.25) is 19.3 Å². The Morgan fingerprint density at radius 3 is 2.30 bits per heavy atom. The van der Waals surface area contributed by atoms with Crippen molar-refractivity contribution in [2.75, 3.05) is 0 Å². The molecular weight excluding hydrogens is 576 g/mol. The topological polar surface area (TPSA) is 103 Å². The third kappa shape index (κ3) is 7.59. The zero-order chi connectivity index (χ0) is 31.5. The van der Waals surface area contributed by atoms with Crippen molar-refractivity contribution < 1.29 is 35.9 Å². The van der Waals surface area contributed by atoms with Crippen molar-refractivity contribution in [3.8, 4) is 11.1 Å². The first-order valence-corrected chi connectivity index (χ1v) is 13.1. The standard InChI is InChI=1S/C30H27F6N5O2/c1-16(2)10-25(41-9-7-26(40-41)30(34,35)36)29(43)39-24(13-17-11-19(31)15-20(32)12-17)27-21(4-3-8-38-27)18-5-6-23(33)22(14-18)28(37)42/h3-9,11-12,14-16,24-25H,10,13H2,1-2H3,(H2,37,42)(H,39,43). The molecular formula is C30H27F6N5O2. The van der Waals surface area contributed by atoms with Crippen LogP contribution >= 0.6 is 0 Å². The van der Waals surface area contributed by atoms with Gasteiger partial charge in [-0.15, -0.1) is 0 Å². The number of aromatic nitrogens is 3. The van der Waals surface area contributed by atoms with Gasteiger partial charge in [0.25, 0.3) is 5.91 Å². The van der Waals surface area contributed by atoms with Gasteiger partial charge < -0.3 is 11.1 Å². The molecule has 2 aromatic heterocycles. The van der Waals surface area contributed by atoms with Crippen LogP contribution in [0.5, 0.6) is 0 Å². The lowest BCUT2D eigenvalue weighted by atomic mass is 9.94. The molecule has 2 aromatic carbocycles. The van der Waals surface area contributed by atoms with Gasteiger partial charge in [0.1, 0.15) is 23.5 Å². The normalized spacial score (nSPS) is 13.1. The van der Waals surface area contributed by atoms with Crippen LogP contribution in [-0.2, 0) is 17.4 Å². The maximum absolute atomic E-state index is 14.2.